The van der Waals surface area contributed by atoms with Gasteiger partial charge in [0.05, 0.1) is 23.3 Å². The van der Waals surface area contributed by atoms with Gasteiger partial charge >= 0.3 is 5.97 Å². The summed E-state index contributed by atoms with van der Waals surface area (Å²) in [6.07, 6.45) is -1.11. The Balaban J connectivity index is 2.13. The Hall–Kier alpha value is -3.42. The van der Waals surface area contributed by atoms with Crippen molar-refractivity contribution in [3.63, 3.8) is 0 Å². The van der Waals surface area contributed by atoms with Crippen molar-refractivity contribution in [2.75, 3.05) is 12.4 Å². The molecule has 0 aromatic heterocycles. The molecule has 2 aromatic carbocycles. The molecule has 1 atom stereocenters. The first-order valence-electron chi connectivity index (χ1n) is 8.15. The van der Waals surface area contributed by atoms with Gasteiger partial charge in [0.2, 0.25) is 0 Å². The van der Waals surface area contributed by atoms with Gasteiger partial charge in [-0.05, 0) is 44.5 Å². The zero-order valence-corrected chi connectivity index (χ0v) is 15.4. The molecule has 142 valence electrons. The fraction of sp³-hybridized carbons (Fsp3) is 0.263. The minimum absolute atomic E-state index is 0.0389. The third-order valence-electron chi connectivity index (χ3n) is 3.99. The monoisotopic (exact) mass is 372 g/mol. The van der Waals surface area contributed by atoms with E-state index < -0.39 is 22.9 Å². The topological polar surface area (TPSA) is 108 Å². The lowest BCUT2D eigenvalue weighted by Gasteiger charge is -2.16. The molecule has 2 rings (SSSR count). The van der Waals surface area contributed by atoms with E-state index in [-0.39, 0.29) is 16.8 Å². The summed E-state index contributed by atoms with van der Waals surface area (Å²) in [4.78, 5) is 35.1. The van der Waals surface area contributed by atoms with Crippen LogP contribution in [0.2, 0.25) is 0 Å². The highest BCUT2D eigenvalue weighted by molar-refractivity contribution is 5.99. The summed E-state index contributed by atoms with van der Waals surface area (Å²) in [6, 6.07) is 9.39. The zero-order valence-electron chi connectivity index (χ0n) is 15.4. The molecule has 8 heteroatoms. The third kappa shape index (κ3) is 4.60. The van der Waals surface area contributed by atoms with Crippen molar-refractivity contribution >= 4 is 23.3 Å². The normalized spacial score (nSPS) is 11.4. The molecule has 0 aliphatic heterocycles. The van der Waals surface area contributed by atoms with Crippen LogP contribution in [0.4, 0.5) is 11.4 Å². The second-order valence-electron chi connectivity index (χ2n) is 5.95. The van der Waals surface area contributed by atoms with Crippen LogP contribution in [0.1, 0.15) is 28.4 Å². The first-order chi connectivity index (χ1) is 12.7. The van der Waals surface area contributed by atoms with Gasteiger partial charge in [-0.15, -0.1) is 0 Å². The lowest BCUT2D eigenvalue weighted by Crippen LogP contribution is -2.30. The molecule has 0 radical (unpaired) electrons. The van der Waals surface area contributed by atoms with Crippen molar-refractivity contribution in [3.8, 4) is 5.75 Å². The average Bonchev–Trinajstić information content (AvgIpc) is 2.61. The molecule has 8 nitrogen and oxygen atoms in total. The van der Waals surface area contributed by atoms with Crippen molar-refractivity contribution in [3.05, 3.63) is 63.2 Å². The maximum absolute atomic E-state index is 12.4. The first-order valence-corrected chi connectivity index (χ1v) is 8.15. The average molecular weight is 372 g/mol. The molecule has 0 heterocycles. The van der Waals surface area contributed by atoms with E-state index in [2.05, 4.69) is 5.32 Å². The summed E-state index contributed by atoms with van der Waals surface area (Å²) >= 11 is 0. The van der Waals surface area contributed by atoms with E-state index in [4.69, 9.17) is 9.47 Å². The molecule has 0 spiro atoms. The molecule has 0 aliphatic rings. The van der Waals surface area contributed by atoms with Gasteiger partial charge in [-0.3, -0.25) is 14.9 Å². The summed E-state index contributed by atoms with van der Waals surface area (Å²) < 4.78 is 10.4. The molecule has 0 saturated carbocycles. The van der Waals surface area contributed by atoms with Crippen LogP contribution in [-0.4, -0.2) is 30.0 Å². The van der Waals surface area contributed by atoms with Crippen LogP contribution in [0.3, 0.4) is 0 Å². The number of hydrogen-bond acceptors (Lipinski definition) is 6. The van der Waals surface area contributed by atoms with Gasteiger partial charge in [0.1, 0.15) is 5.75 Å². The van der Waals surface area contributed by atoms with E-state index in [0.29, 0.717) is 11.4 Å². The first kappa shape index (κ1) is 19.9. The van der Waals surface area contributed by atoms with Gasteiger partial charge in [0.15, 0.2) is 6.10 Å². The van der Waals surface area contributed by atoms with E-state index in [0.717, 1.165) is 5.56 Å². The molecule has 0 saturated heterocycles. The SMILES string of the molecule is COc1ccc(C)cc1NC(=O)C(C)OC(=O)c1cccc([N+](=O)[O-])c1C. The van der Waals surface area contributed by atoms with Gasteiger partial charge in [-0.2, -0.15) is 0 Å². The summed E-state index contributed by atoms with van der Waals surface area (Å²) in [5, 5.41) is 13.6. The van der Waals surface area contributed by atoms with Crippen molar-refractivity contribution in [2.45, 2.75) is 26.9 Å². The second kappa shape index (κ2) is 8.31. The van der Waals surface area contributed by atoms with Crippen LogP contribution >= 0.6 is 0 Å². The number of nitro benzene ring substituents is 1. The van der Waals surface area contributed by atoms with Crippen LogP contribution < -0.4 is 10.1 Å². The van der Waals surface area contributed by atoms with E-state index in [1.807, 2.05) is 13.0 Å². The molecular formula is C19H20N2O6. The van der Waals surface area contributed by atoms with Gasteiger partial charge in [0.25, 0.3) is 11.6 Å². The largest absolute Gasteiger partial charge is 0.495 e. The predicted molar refractivity (Wildman–Crippen MR) is 99.1 cm³/mol. The fourth-order valence-electron chi connectivity index (χ4n) is 2.47. The van der Waals surface area contributed by atoms with Crippen LogP contribution in [-0.2, 0) is 9.53 Å². The number of anilines is 1. The number of carbonyl (C=O) groups is 2. The predicted octanol–water partition coefficient (Wildman–Crippen LogP) is 3.40. The number of nitrogens with zero attached hydrogens (tertiary/aromatic N) is 1. The molecule has 27 heavy (non-hydrogen) atoms. The number of carbonyl (C=O) groups excluding carboxylic acids is 2. The molecular weight excluding hydrogens is 352 g/mol. The molecule has 0 bridgehead atoms. The summed E-state index contributed by atoms with van der Waals surface area (Å²) in [7, 11) is 1.48. The van der Waals surface area contributed by atoms with Crippen LogP contribution in [0, 0.1) is 24.0 Å². The minimum atomic E-state index is -1.11. The number of rotatable bonds is 6. The van der Waals surface area contributed by atoms with Gasteiger partial charge in [-0.25, -0.2) is 4.79 Å². The van der Waals surface area contributed by atoms with E-state index in [9.17, 15) is 19.7 Å². The Morgan fingerprint density at radius 3 is 2.52 bits per heavy atom. The maximum atomic E-state index is 12.4. The standard InChI is InChI=1S/C19H20N2O6/c1-11-8-9-17(26-4)15(10-11)20-18(22)13(3)27-19(23)14-6-5-7-16(12(14)2)21(24)25/h5-10,13H,1-4H3,(H,20,22). The number of methoxy groups -OCH3 is 1. The lowest BCUT2D eigenvalue weighted by atomic mass is 10.1. The summed E-state index contributed by atoms with van der Waals surface area (Å²) in [5.74, 6) is -0.882. The highest BCUT2D eigenvalue weighted by atomic mass is 16.6. The molecule has 1 amide bonds. The van der Waals surface area contributed by atoms with Crippen molar-refractivity contribution in [1.29, 1.82) is 0 Å². The quantitative estimate of drug-likeness (QED) is 0.473. The number of ether oxygens (including phenoxy) is 2. The lowest BCUT2D eigenvalue weighted by molar-refractivity contribution is -0.385. The third-order valence-corrected chi connectivity index (χ3v) is 3.99. The number of amides is 1. The molecule has 1 N–H and O–H groups in total. The van der Waals surface area contributed by atoms with Gasteiger partial charge in [-0.1, -0.05) is 12.1 Å². The van der Waals surface area contributed by atoms with Crippen LogP contribution in [0.25, 0.3) is 0 Å². The second-order valence-corrected chi connectivity index (χ2v) is 5.95. The smallest absolute Gasteiger partial charge is 0.339 e. The van der Waals surface area contributed by atoms with Crippen molar-refractivity contribution in [2.24, 2.45) is 0 Å². The van der Waals surface area contributed by atoms with E-state index >= 15 is 0 Å². The Morgan fingerprint density at radius 2 is 1.89 bits per heavy atom. The number of nitrogens with one attached hydrogen (secondary N) is 1. The van der Waals surface area contributed by atoms with Gasteiger partial charge in [0, 0.05) is 11.6 Å². The minimum Gasteiger partial charge on any atom is -0.495 e. The van der Waals surface area contributed by atoms with Crippen molar-refractivity contribution in [1.82, 2.24) is 0 Å². The Morgan fingerprint density at radius 1 is 1.19 bits per heavy atom. The highest BCUT2D eigenvalue weighted by Gasteiger charge is 2.24. The highest BCUT2D eigenvalue weighted by Crippen LogP contribution is 2.26. The Labute approximate surface area is 156 Å². The van der Waals surface area contributed by atoms with Gasteiger partial charge < -0.3 is 14.8 Å². The molecule has 2 aromatic rings. The summed E-state index contributed by atoms with van der Waals surface area (Å²) in [5.41, 5.74) is 1.41. The maximum Gasteiger partial charge on any atom is 0.339 e. The number of aryl methyl sites for hydroxylation is 1. The number of nitro groups is 1. The number of esters is 1. The Bertz CT molecular complexity index is 894. The van der Waals surface area contributed by atoms with E-state index in [1.165, 1.54) is 39.2 Å². The number of hydrogen-bond donors (Lipinski definition) is 1. The van der Waals surface area contributed by atoms with Crippen LogP contribution in [0.15, 0.2) is 36.4 Å². The van der Waals surface area contributed by atoms with E-state index in [1.54, 1.807) is 12.1 Å². The zero-order chi connectivity index (χ0) is 20.1. The summed E-state index contributed by atoms with van der Waals surface area (Å²) in [6.45, 7) is 4.74. The number of benzene rings is 2. The van der Waals surface area contributed by atoms with Crippen LogP contribution in [0.5, 0.6) is 5.75 Å². The molecule has 0 fully saturated rings. The molecule has 1 unspecified atom stereocenters. The van der Waals surface area contributed by atoms with Crippen molar-refractivity contribution < 1.29 is 24.0 Å². The molecule has 0 aliphatic carbocycles. The Kier molecular flexibility index (Phi) is 6.12. The fourth-order valence-corrected chi connectivity index (χ4v) is 2.47.